The lowest BCUT2D eigenvalue weighted by Gasteiger charge is -2.22. The zero-order valence-corrected chi connectivity index (χ0v) is 9.16. The van der Waals surface area contributed by atoms with Gasteiger partial charge in [0.25, 0.3) is 0 Å². The van der Waals surface area contributed by atoms with Gasteiger partial charge in [-0.25, -0.2) is 0 Å². The van der Waals surface area contributed by atoms with Crippen LogP contribution >= 0.6 is 0 Å². The van der Waals surface area contributed by atoms with Gasteiger partial charge < -0.3 is 4.57 Å². The SMILES string of the molecule is CCCn1cnnc1C1(C)CCCC1. The molecule has 0 aromatic carbocycles. The first-order valence-corrected chi connectivity index (χ1v) is 5.64. The van der Waals surface area contributed by atoms with Gasteiger partial charge in [0.2, 0.25) is 0 Å². The molecule has 0 atom stereocenters. The highest BCUT2D eigenvalue weighted by Crippen LogP contribution is 2.39. The van der Waals surface area contributed by atoms with Crippen LogP contribution in [0, 0.1) is 0 Å². The molecule has 3 nitrogen and oxygen atoms in total. The maximum absolute atomic E-state index is 4.30. The first kappa shape index (κ1) is 9.69. The Balaban J connectivity index is 2.25. The van der Waals surface area contributed by atoms with Crippen molar-refractivity contribution in [3.63, 3.8) is 0 Å². The van der Waals surface area contributed by atoms with Crippen molar-refractivity contribution in [3.05, 3.63) is 12.2 Å². The van der Waals surface area contributed by atoms with Gasteiger partial charge in [-0.2, -0.15) is 0 Å². The third-order valence-corrected chi connectivity index (χ3v) is 3.33. The van der Waals surface area contributed by atoms with Crippen molar-refractivity contribution >= 4 is 0 Å². The molecule has 0 N–H and O–H groups in total. The highest BCUT2D eigenvalue weighted by atomic mass is 15.3. The fourth-order valence-corrected chi connectivity index (χ4v) is 2.51. The second kappa shape index (κ2) is 3.71. The van der Waals surface area contributed by atoms with Gasteiger partial charge in [0.1, 0.15) is 12.2 Å². The van der Waals surface area contributed by atoms with Crippen molar-refractivity contribution < 1.29 is 0 Å². The number of hydrogen-bond acceptors (Lipinski definition) is 2. The number of rotatable bonds is 3. The maximum Gasteiger partial charge on any atom is 0.138 e. The molecule has 1 saturated carbocycles. The van der Waals surface area contributed by atoms with E-state index in [-0.39, 0.29) is 0 Å². The summed E-state index contributed by atoms with van der Waals surface area (Å²) >= 11 is 0. The minimum Gasteiger partial charge on any atom is -0.317 e. The van der Waals surface area contributed by atoms with Crippen LogP contribution in [0.2, 0.25) is 0 Å². The van der Waals surface area contributed by atoms with Crippen LogP contribution in [-0.2, 0) is 12.0 Å². The number of aromatic nitrogens is 3. The van der Waals surface area contributed by atoms with Crippen LogP contribution in [0.4, 0.5) is 0 Å². The zero-order valence-electron chi connectivity index (χ0n) is 9.16. The number of aryl methyl sites for hydroxylation is 1. The minimum absolute atomic E-state index is 0.297. The smallest absolute Gasteiger partial charge is 0.138 e. The van der Waals surface area contributed by atoms with E-state index in [0.29, 0.717) is 5.41 Å². The summed E-state index contributed by atoms with van der Waals surface area (Å²) in [6, 6.07) is 0. The Bertz CT molecular complexity index is 297. The van der Waals surface area contributed by atoms with E-state index in [1.54, 1.807) is 0 Å². The molecule has 1 fully saturated rings. The summed E-state index contributed by atoms with van der Waals surface area (Å²) in [5, 5.41) is 8.35. The third kappa shape index (κ3) is 1.56. The molecule has 1 aliphatic rings. The molecule has 2 rings (SSSR count). The highest BCUT2D eigenvalue weighted by Gasteiger charge is 2.34. The first-order chi connectivity index (χ1) is 6.76. The molecule has 78 valence electrons. The molecule has 1 heterocycles. The largest absolute Gasteiger partial charge is 0.317 e. The molecule has 1 aromatic heterocycles. The van der Waals surface area contributed by atoms with Crippen LogP contribution in [0.3, 0.4) is 0 Å². The minimum atomic E-state index is 0.297. The summed E-state index contributed by atoms with van der Waals surface area (Å²) in [4.78, 5) is 0. The molecule has 0 unspecified atom stereocenters. The van der Waals surface area contributed by atoms with Gasteiger partial charge in [-0.3, -0.25) is 0 Å². The van der Waals surface area contributed by atoms with Crippen LogP contribution in [-0.4, -0.2) is 14.8 Å². The molecule has 1 aromatic rings. The van der Waals surface area contributed by atoms with Gasteiger partial charge in [-0.15, -0.1) is 10.2 Å². The zero-order chi connectivity index (χ0) is 10.0. The van der Waals surface area contributed by atoms with Crippen molar-refractivity contribution in [2.24, 2.45) is 0 Å². The molecular weight excluding hydrogens is 174 g/mol. The molecule has 14 heavy (non-hydrogen) atoms. The summed E-state index contributed by atoms with van der Waals surface area (Å²) < 4.78 is 2.23. The van der Waals surface area contributed by atoms with Crippen LogP contribution in [0.15, 0.2) is 6.33 Å². The van der Waals surface area contributed by atoms with Crippen molar-refractivity contribution in [1.29, 1.82) is 0 Å². The highest BCUT2D eigenvalue weighted by molar-refractivity contribution is 5.08. The molecule has 1 aliphatic carbocycles. The van der Waals surface area contributed by atoms with Crippen molar-refractivity contribution in [2.75, 3.05) is 0 Å². The van der Waals surface area contributed by atoms with Gasteiger partial charge in [-0.05, 0) is 19.3 Å². The van der Waals surface area contributed by atoms with Gasteiger partial charge >= 0.3 is 0 Å². The lowest BCUT2D eigenvalue weighted by atomic mass is 9.88. The molecule has 0 saturated heterocycles. The average molecular weight is 193 g/mol. The molecular formula is C11H19N3. The van der Waals surface area contributed by atoms with E-state index in [4.69, 9.17) is 0 Å². The Morgan fingerprint density at radius 3 is 2.79 bits per heavy atom. The molecule has 0 radical (unpaired) electrons. The lowest BCUT2D eigenvalue weighted by molar-refractivity contribution is 0.428. The Labute approximate surface area is 85.5 Å². The molecule has 3 heteroatoms. The average Bonchev–Trinajstić information content (AvgIpc) is 2.75. The first-order valence-electron chi connectivity index (χ1n) is 5.64. The summed E-state index contributed by atoms with van der Waals surface area (Å²) in [7, 11) is 0. The fourth-order valence-electron chi connectivity index (χ4n) is 2.51. The second-order valence-electron chi connectivity index (χ2n) is 4.62. The van der Waals surface area contributed by atoms with Crippen molar-refractivity contribution in [2.45, 2.75) is 57.9 Å². The molecule has 0 aliphatic heterocycles. The van der Waals surface area contributed by atoms with E-state index < -0.39 is 0 Å². The Morgan fingerprint density at radius 2 is 2.14 bits per heavy atom. The van der Waals surface area contributed by atoms with E-state index >= 15 is 0 Å². The van der Waals surface area contributed by atoms with Gasteiger partial charge in [-0.1, -0.05) is 26.7 Å². The second-order valence-corrected chi connectivity index (χ2v) is 4.62. The quantitative estimate of drug-likeness (QED) is 0.738. The topological polar surface area (TPSA) is 30.7 Å². The van der Waals surface area contributed by atoms with Crippen LogP contribution in [0.1, 0.15) is 51.8 Å². The van der Waals surface area contributed by atoms with Crippen LogP contribution in [0.25, 0.3) is 0 Å². The van der Waals surface area contributed by atoms with Gasteiger partial charge in [0.05, 0.1) is 0 Å². The van der Waals surface area contributed by atoms with E-state index in [1.165, 1.54) is 31.5 Å². The predicted molar refractivity (Wildman–Crippen MR) is 56.1 cm³/mol. The Hall–Kier alpha value is -0.860. The van der Waals surface area contributed by atoms with Crippen LogP contribution < -0.4 is 0 Å². The number of hydrogen-bond donors (Lipinski definition) is 0. The van der Waals surface area contributed by atoms with E-state index in [1.807, 2.05) is 6.33 Å². The lowest BCUT2D eigenvalue weighted by Crippen LogP contribution is -2.22. The van der Waals surface area contributed by atoms with Crippen LogP contribution in [0.5, 0.6) is 0 Å². The molecule has 0 bridgehead atoms. The Morgan fingerprint density at radius 1 is 1.43 bits per heavy atom. The van der Waals surface area contributed by atoms with Gasteiger partial charge in [0.15, 0.2) is 0 Å². The monoisotopic (exact) mass is 193 g/mol. The van der Waals surface area contributed by atoms with E-state index in [0.717, 1.165) is 13.0 Å². The van der Waals surface area contributed by atoms with E-state index in [2.05, 4.69) is 28.6 Å². The summed E-state index contributed by atoms with van der Waals surface area (Å²) in [5.41, 5.74) is 0.297. The molecule has 0 amide bonds. The standard InChI is InChI=1S/C11H19N3/c1-3-8-14-9-12-13-10(14)11(2)6-4-5-7-11/h9H,3-8H2,1-2H3. The summed E-state index contributed by atoms with van der Waals surface area (Å²) in [6.45, 7) is 5.58. The van der Waals surface area contributed by atoms with Crippen molar-refractivity contribution in [3.8, 4) is 0 Å². The number of nitrogens with zero attached hydrogens (tertiary/aromatic N) is 3. The normalized spacial score (nSPS) is 20.1. The van der Waals surface area contributed by atoms with Crippen molar-refractivity contribution in [1.82, 2.24) is 14.8 Å². The fraction of sp³-hybridized carbons (Fsp3) is 0.818. The van der Waals surface area contributed by atoms with E-state index in [9.17, 15) is 0 Å². The summed E-state index contributed by atoms with van der Waals surface area (Å²) in [5.74, 6) is 1.21. The van der Waals surface area contributed by atoms with Gasteiger partial charge in [0, 0.05) is 12.0 Å². The predicted octanol–water partition coefficient (Wildman–Crippen LogP) is 2.52. The third-order valence-electron chi connectivity index (χ3n) is 3.33. The Kier molecular flexibility index (Phi) is 2.57. The maximum atomic E-state index is 4.30. The summed E-state index contributed by atoms with van der Waals surface area (Å²) in [6.07, 6.45) is 8.26. The molecule has 0 spiro atoms.